The summed E-state index contributed by atoms with van der Waals surface area (Å²) in [5, 5.41) is 12.2. The molecule has 0 aliphatic heterocycles. The van der Waals surface area contributed by atoms with Crippen molar-refractivity contribution < 1.29 is 22.8 Å². The molecular formula is C30H28IrN3S. The molecule has 0 bridgehead atoms. The second-order valence-corrected chi connectivity index (χ2v) is 8.15. The minimum atomic E-state index is -0.260. The molecule has 1 aromatic carbocycles. The molecule has 0 fully saturated rings. The van der Waals surface area contributed by atoms with Crippen LogP contribution in [-0.2, 0) is 20.1 Å². The molecule has 0 amide bonds. The van der Waals surface area contributed by atoms with E-state index in [1.165, 1.54) is 23.0 Å². The van der Waals surface area contributed by atoms with Crippen molar-refractivity contribution in [2.45, 2.75) is 19.8 Å². The average Bonchev–Trinajstić information content (AvgIpc) is 3.30. The summed E-state index contributed by atoms with van der Waals surface area (Å²) >= 11 is 1.51. The Labute approximate surface area is 229 Å². The van der Waals surface area contributed by atoms with Gasteiger partial charge in [-0.05, 0) is 39.8 Å². The van der Waals surface area contributed by atoms with Crippen molar-refractivity contribution in [2.75, 3.05) is 0 Å². The third-order valence-corrected chi connectivity index (χ3v) is 5.67. The molecule has 0 saturated heterocycles. The van der Waals surface area contributed by atoms with Crippen LogP contribution < -0.4 is 0 Å². The van der Waals surface area contributed by atoms with Crippen molar-refractivity contribution >= 4 is 37.2 Å². The molecule has 4 rings (SSSR count). The normalized spacial score (nSPS) is 11.6. The Balaban J connectivity index is 0.000000355. The fourth-order valence-corrected chi connectivity index (χ4v) is 3.99. The molecule has 0 atom stereocenters. The molecule has 0 aliphatic rings. The number of nitrogens with zero attached hydrogens (tertiary/aromatic N) is 3. The molecule has 3 heterocycles. The molecule has 0 N–H and O–H groups in total. The standard InChI is InChI=1S/C16H10N2S.C8H11N.C6H7.Ir/c1-2-3-7-14(17)12-6-4-5-11-13-10-18-9-8-15(13)19-16(11)12;1-7(2)8-3-5-9-6-4-8;1-3-5-6-4-2;/h2-5,7-10H,1H2;3-7H,1-2H3;3-5H,1-2H2;/q-2;;-1;+3/b7-3-;;;/i3D,7D;;;. The van der Waals surface area contributed by atoms with E-state index in [9.17, 15) is 5.41 Å². The van der Waals surface area contributed by atoms with E-state index in [1.807, 2.05) is 36.7 Å². The first kappa shape index (κ1) is 26.4. The number of allylic oxidation sites excluding steroid dienone is 7. The Morgan fingerprint density at radius 1 is 1.09 bits per heavy atom. The zero-order valence-electron chi connectivity index (χ0n) is 21.8. The molecule has 178 valence electrons. The van der Waals surface area contributed by atoms with E-state index in [-0.39, 0.29) is 37.9 Å². The van der Waals surface area contributed by atoms with Gasteiger partial charge in [0.25, 0.3) is 0 Å². The summed E-state index contributed by atoms with van der Waals surface area (Å²) in [6, 6.07) is 12.2. The SMILES string of the molecule is C=C[C-]=CC=C.CC(C)c1ccncc1.[2H]/C(C=C)=C(\[2H])C(=[N-])c1[c-]ccc2c1sc1ccncc12.[Ir+3]. The summed E-state index contributed by atoms with van der Waals surface area (Å²) in [5.74, 6) is 0.619. The predicted octanol–water partition coefficient (Wildman–Crippen LogP) is 8.27. The van der Waals surface area contributed by atoms with Crippen LogP contribution in [0.25, 0.3) is 25.6 Å². The summed E-state index contributed by atoms with van der Waals surface area (Å²) < 4.78 is 17.3. The van der Waals surface area contributed by atoms with Crippen molar-refractivity contribution in [3.8, 4) is 0 Å². The Morgan fingerprint density at radius 3 is 2.37 bits per heavy atom. The van der Waals surface area contributed by atoms with Crippen LogP contribution in [0.5, 0.6) is 0 Å². The van der Waals surface area contributed by atoms with Gasteiger partial charge in [0.2, 0.25) is 0 Å². The van der Waals surface area contributed by atoms with E-state index in [0.717, 1.165) is 20.2 Å². The average molecular weight is 657 g/mol. The Hall–Kier alpha value is -3.24. The van der Waals surface area contributed by atoms with Crippen molar-refractivity contribution in [3.63, 3.8) is 0 Å². The Bertz CT molecular complexity index is 1400. The van der Waals surface area contributed by atoms with Crippen molar-refractivity contribution in [3.05, 3.63) is 140 Å². The molecule has 0 saturated carbocycles. The molecule has 4 aromatic rings. The summed E-state index contributed by atoms with van der Waals surface area (Å²) in [4.78, 5) is 8.05. The van der Waals surface area contributed by atoms with Gasteiger partial charge in [0.1, 0.15) is 0 Å². The van der Waals surface area contributed by atoms with E-state index in [1.54, 1.807) is 36.7 Å². The van der Waals surface area contributed by atoms with E-state index in [4.69, 9.17) is 2.74 Å². The van der Waals surface area contributed by atoms with Crippen LogP contribution in [0.4, 0.5) is 0 Å². The summed E-state index contributed by atoms with van der Waals surface area (Å²) in [6.45, 7) is 14.6. The van der Waals surface area contributed by atoms with Crippen LogP contribution in [0, 0.1) is 12.1 Å². The molecule has 0 aliphatic carbocycles. The van der Waals surface area contributed by atoms with E-state index < -0.39 is 0 Å². The van der Waals surface area contributed by atoms with Crippen LogP contribution in [0.1, 0.15) is 33.6 Å². The van der Waals surface area contributed by atoms with Gasteiger partial charge in [-0.1, -0.05) is 37.9 Å². The maximum Gasteiger partial charge on any atom is 3.00 e. The largest absolute Gasteiger partial charge is 3.00 e. The molecular weight excluding hydrogens is 627 g/mol. The first-order chi connectivity index (χ1) is 17.3. The van der Waals surface area contributed by atoms with Crippen LogP contribution in [0.15, 0.2) is 111 Å². The number of fused-ring (bicyclic) bond motifs is 3. The van der Waals surface area contributed by atoms with E-state index >= 15 is 0 Å². The van der Waals surface area contributed by atoms with Gasteiger partial charge >= 0.3 is 20.1 Å². The van der Waals surface area contributed by atoms with E-state index in [2.05, 4.69) is 55.7 Å². The van der Waals surface area contributed by atoms with Crippen molar-refractivity contribution in [1.29, 1.82) is 0 Å². The second kappa shape index (κ2) is 16.4. The third-order valence-electron chi connectivity index (χ3n) is 4.47. The topological polar surface area (TPSA) is 48.1 Å². The first-order valence-electron chi connectivity index (χ1n) is 11.6. The minimum Gasteiger partial charge on any atom is -0.855 e. The fraction of sp³-hybridized carbons (Fsp3) is 0.100. The van der Waals surface area contributed by atoms with Gasteiger partial charge in [-0.3, -0.25) is 9.97 Å². The molecule has 3 nitrogen and oxygen atoms in total. The van der Waals surface area contributed by atoms with Gasteiger partial charge in [0.05, 0.1) is 1.37 Å². The third kappa shape index (κ3) is 9.14. The number of aromatic nitrogens is 2. The second-order valence-electron chi connectivity index (χ2n) is 7.10. The monoisotopic (exact) mass is 657 g/mol. The smallest absolute Gasteiger partial charge is 0.855 e. The molecule has 0 unspecified atom stereocenters. The van der Waals surface area contributed by atoms with Gasteiger partial charge < -0.3 is 5.41 Å². The van der Waals surface area contributed by atoms with Crippen molar-refractivity contribution in [1.82, 2.24) is 9.97 Å². The summed E-state index contributed by atoms with van der Waals surface area (Å²) in [7, 11) is 0. The zero-order chi connectivity index (χ0) is 26.5. The number of thiophene rings is 1. The number of pyridine rings is 2. The van der Waals surface area contributed by atoms with Crippen LogP contribution >= 0.6 is 11.3 Å². The maximum atomic E-state index is 10.3. The number of benzene rings is 1. The van der Waals surface area contributed by atoms with Gasteiger partial charge in [-0.2, -0.15) is 54.4 Å². The quantitative estimate of drug-likeness (QED) is 0.119. The minimum absolute atomic E-state index is 0. The number of hydrogen-bond acceptors (Lipinski definition) is 3. The Kier molecular flexibility index (Phi) is 12.4. The van der Waals surface area contributed by atoms with Crippen LogP contribution in [0.3, 0.4) is 0 Å². The molecule has 3 aromatic heterocycles. The van der Waals surface area contributed by atoms with Gasteiger partial charge in [0.15, 0.2) is 0 Å². The molecule has 35 heavy (non-hydrogen) atoms. The summed E-state index contributed by atoms with van der Waals surface area (Å²) in [5.41, 5.74) is 1.53. The molecule has 5 heteroatoms. The molecule has 0 spiro atoms. The number of rotatable bonds is 6. The van der Waals surface area contributed by atoms with E-state index in [0.29, 0.717) is 11.5 Å². The number of hydrogen-bond donors (Lipinski definition) is 0. The fourth-order valence-electron chi connectivity index (χ4n) is 2.83. The maximum absolute atomic E-state index is 10.3. The molecule has 0 radical (unpaired) electrons. The van der Waals surface area contributed by atoms with Crippen LogP contribution in [-0.4, -0.2) is 15.7 Å². The van der Waals surface area contributed by atoms with Crippen LogP contribution in [0.2, 0.25) is 0 Å². The van der Waals surface area contributed by atoms with Gasteiger partial charge in [-0.25, -0.2) is 5.71 Å². The zero-order valence-corrected chi connectivity index (χ0v) is 23.0. The van der Waals surface area contributed by atoms with Gasteiger partial charge in [0, 0.05) is 30.9 Å². The van der Waals surface area contributed by atoms with Crippen molar-refractivity contribution in [2.24, 2.45) is 0 Å². The first-order valence-corrected chi connectivity index (χ1v) is 11.4. The van der Waals surface area contributed by atoms with Gasteiger partial charge in [-0.15, -0.1) is 24.3 Å². The summed E-state index contributed by atoms with van der Waals surface area (Å²) in [6.07, 6.45) is 16.1. The predicted molar refractivity (Wildman–Crippen MR) is 149 cm³/mol. The Morgan fingerprint density at radius 2 is 1.80 bits per heavy atom.